The Balaban J connectivity index is 2.08. The standard InChI is InChI=1S/C22H25ClN4O2/c1-5-26(6-2)15-9-11-17-19(13-15)27(7-3)22(29)20(24-17)21(28)25-18-12-14(4)8-10-16(18)23/h8-13H,5-7H2,1-4H3,(H,25,28). The van der Waals surface area contributed by atoms with Crippen LogP contribution in [0.3, 0.4) is 0 Å². The van der Waals surface area contributed by atoms with E-state index in [2.05, 4.69) is 29.0 Å². The molecule has 152 valence electrons. The number of carbonyl (C=O) groups excluding carboxylic acids is 1. The summed E-state index contributed by atoms with van der Waals surface area (Å²) >= 11 is 6.17. The molecule has 0 aliphatic rings. The minimum Gasteiger partial charge on any atom is -0.372 e. The summed E-state index contributed by atoms with van der Waals surface area (Å²) in [4.78, 5) is 32.4. The Kier molecular flexibility index (Phi) is 6.23. The molecule has 0 saturated carbocycles. The Morgan fingerprint density at radius 3 is 2.52 bits per heavy atom. The maximum Gasteiger partial charge on any atom is 0.282 e. The highest BCUT2D eigenvalue weighted by Gasteiger charge is 2.19. The summed E-state index contributed by atoms with van der Waals surface area (Å²) in [7, 11) is 0. The molecule has 3 aromatic rings. The fraction of sp³-hybridized carbons (Fsp3) is 0.318. The molecule has 0 aliphatic carbocycles. The van der Waals surface area contributed by atoms with E-state index in [0.29, 0.717) is 28.3 Å². The van der Waals surface area contributed by atoms with Crippen molar-refractivity contribution in [3.05, 3.63) is 63.0 Å². The van der Waals surface area contributed by atoms with Gasteiger partial charge in [-0.2, -0.15) is 0 Å². The van der Waals surface area contributed by atoms with Crippen molar-refractivity contribution in [1.82, 2.24) is 9.55 Å². The van der Waals surface area contributed by atoms with E-state index < -0.39 is 11.5 Å². The van der Waals surface area contributed by atoms with Gasteiger partial charge in [-0.1, -0.05) is 17.7 Å². The van der Waals surface area contributed by atoms with Crippen molar-refractivity contribution < 1.29 is 4.79 Å². The second kappa shape index (κ2) is 8.66. The van der Waals surface area contributed by atoms with Gasteiger partial charge in [0.05, 0.1) is 21.7 Å². The fourth-order valence-electron chi connectivity index (χ4n) is 3.39. The van der Waals surface area contributed by atoms with Gasteiger partial charge < -0.3 is 14.8 Å². The van der Waals surface area contributed by atoms with Crippen LogP contribution in [0.1, 0.15) is 36.8 Å². The number of aryl methyl sites for hydroxylation is 2. The number of fused-ring (bicyclic) bond motifs is 1. The number of hydrogen-bond donors (Lipinski definition) is 1. The van der Waals surface area contributed by atoms with Gasteiger partial charge in [0.1, 0.15) is 0 Å². The zero-order chi connectivity index (χ0) is 21.1. The maximum absolute atomic E-state index is 13.0. The summed E-state index contributed by atoms with van der Waals surface area (Å²) in [6.45, 7) is 10.1. The van der Waals surface area contributed by atoms with Gasteiger partial charge in [-0.3, -0.25) is 9.59 Å². The van der Waals surface area contributed by atoms with Gasteiger partial charge >= 0.3 is 0 Å². The normalized spacial score (nSPS) is 10.9. The number of nitrogens with zero attached hydrogens (tertiary/aromatic N) is 3. The lowest BCUT2D eigenvalue weighted by atomic mass is 10.2. The maximum atomic E-state index is 13.0. The van der Waals surface area contributed by atoms with Crippen LogP contribution >= 0.6 is 11.6 Å². The minimum atomic E-state index is -0.570. The molecule has 3 rings (SSSR count). The van der Waals surface area contributed by atoms with E-state index in [1.54, 1.807) is 16.7 Å². The molecule has 0 aliphatic heterocycles. The summed E-state index contributed by atoms with van der Waals surface area (Å²) < 4.78 is 1.59. The molecular weight excluding hydrogens is 388 g/mol. The highest BCUT2D eigenvalue weighted by molar-refractivity contribution is 6.33. The van der Waals surface area contributed by atoms with Gasteiger partial charge in [-0.15, -0.1) is 0 Å². The van der Waals surface area contributed by atoms with Gasteiger partial charge in [0.15, 0.2) is 5.69 Å². The monoisotopic (exact) mass is 412 g/mol. The Morgan fingerprint density at radius 1 is 1.14 bits per heavy atom. The molecule has 0 bridgehead atoms. The van der Waals surface area contributed by atoms with Crippen molar-refractivity contribution in [2.75, 3.05) is 23.3 Å². The zero-order valence-corrected chi connectivity index (χ0v) is 17.9. The highest BCUT2D eigenvalue weighted by atomic mass is 35.5. The van der Waals surface area contributed by atoms with Gasteiger partial charge in [-0.25, -0.2) is 4.98 Å². The van der Waals surface area contributed by atoms with Crippen LogP contribution in [0.2, 0.25) is 5.02 Å². The molecule has 1 amide bonds. The number of halogens is 1. The van der Waals surface area contributed by atoms with Crippen LogP contribution in [-0.4, -0.2) is 28.5 Å². The third kappa shape index (κ3) is 4.12. The number of hydrogen-bond acceptors (Lipinski definition) is 4. The highest BCUT2D eigenvalue weighted by Crippen LogP contribution is 2.24. The molecule has 29 heavy (non-hydrogen) atoms. The smallest absolute Gasteiger partial charge is 0.282 e. The van der Waals surface area contributed by atoms with Crippen LogP contribution in [0, 0.1) is 6.92 Å². The first-order valence-corrected chi connectivity index (χ1v) is 10.1. The minimum absolute atomic E-state index is 0.146. The second-order valence-corrected chi connectivity index (χ2v) is 7.20. The van der Waals surface area contributed by atoms with Crippen molar-refractivity contribution in [3.8, 4) is 0 Å². The third-order valence-corrected chi connectivity index (χ3v) is 5.29. The van der Waals surface area contributed by atoms with Crippen LogP contribution in [0.25, 0.3) is 11.0 Å². The first kappa shape index (κ1) is 20.9. The number of amides is 1. The molecule has 2 aromatic carbocycles. The summed E-state index contributed by atoms with van der Waals surface area (Å²) in [6, 6.07) is 11.1. The Bertz CT molecular complexity index is 1120. The second-order valence-electron chi connectivity index (χ2n) is 6.79. The first-order valence-electron chi connectivity index (χ1n) is 9.76. The van der Waals surface area contributed by atoms with E-state index in [1.807, 2.05) is 38.1 Å². The average molecular weight is 413 g/mol. The van der Waals surface area contributed by atoms with Crippen molar-refractivity contribution in [2.24, 2.45) is 0 Å². The first-order chi connectivity index (χ1) is 13.9. The van der Waals surface area contributed by atoms with Crippen molar-refractivity contribution in [1.29, 1.82) is 0 Å². The SMILES string of the molecule is CCN(CC)c1ccc2nc(C(=O)Nc3cc(C)ccc3Cl)c(=O)n(CC)c2c1. The topological polar surface area (TPSA) is 67.2 Å². The number of nitrogens with one attached hydrogen (secondary N) is 1. The summed E-state index contributed by atoms with van der Waals surface area (Å²) in [5, 5.41) is 3.12. The number of aromatic nitrogens is 2. The van der Waals surface area contributed by atoms with Gasteiger partial charge in [0.25, 0.3) is 11.5 Å². The quantitative estimate of drug-likeness (QED) is 0.648. The number of carbonyl (C=O) groups is 1. The number of anilines is 2. The van der Waals surface area contributed by atoms with Gasteiger partial charge in [0, 0.05) is 25.3 Å². The van der Waals surface area contributed by atoms with Crippen molar-refractivity contribution >= 4 is 39.9 Å². The van der Waals surface area contributed by atoms with E-state index in [1.165, 1.54) is 0 Å². The van der Waals surface area contributed by atoms with E-state index in [0.717, 1.165) is 24.3 Å². The Labute approximate surface area is 175 Å². The van der Waals surface area contributed by atoms with Crippen LogP contribution in [0.15, 0.2) is 41.2 Å². The van der Waals surface area contributed by atoms with Crippen LogP contribution in [-0.2, 0) is 6.54 Å². The molecule has 1 N–H and O–H groups in total. The molecule has 0 saturated heterocycles. The fourth-order valence-corrected chi connectivity index (χ4v) is 3.56. The summed E-state index contributed by atoms with van der Waals surface area (Å²) in [6.07, 6.45) is 0. The molecule has 0 radical (unpaired) electrons. The van der Waals surface area contributed by atoms with Crippen LogP contribution in [0.4, 0.5) is 11.4 Å². The molecule has 0 atom stereocenters. The number of benzene rings is 2. The molecule has 0 unspecified atom stereocenters. The molecule has 6 nitrogen and oxygen atoms in total. The number of rotatable bonds is 6. The lowest BCUT2D eigenvalue weighted by Crippen LogP contribution is -2.31. The molecule has 7 heteroatoms. The lowest BCUT2D eigenvalue weighted by molar-refractivity contribution is 0.102. The van der Waals surface area contributed by atoms with E-state index in [9.17, 15) is 9.59 Å². The van der Waals surface area contributed by atoms with Crippen LogP contribution in [0.5, 0.6) is 0 Å². The molecule has 0 spiro atoms. The van der Waals surface area contributed by atoms with Crippen molar-refractivity contribution in [2.45, 2.75) is 34.2 Å². The average Bonchev–Trinajstić information content (AvgIpc) is 2.71. The van der Waals surface area contributed by atoms with E-state index in [4.69, 9.17) is 11.6 Å². The van der Waals surface area contributed by atoms with Gasteiger partial charge in [0.2, 0.25) is 0 Å². The summed E-state index contributed by atoms with van der Waals surface area (Å²) in [5.74, 6) is -0.570. The van der Waals surface area contributed by atoms with E-state index >= 15 is 0 Å². The van der Waals surface area contributed by atoms with Gasteiger partial charge in [-0.05, 0) is 63.6 Å². The Morgan fingerprint density at radius 2 is 1.86 bits per heavy atom. The van der Waals surface area contributed by atoms with E-state index in [-0.39, 0.29) is 5.69 Å². The summed E-state index contributed by atoms with van der Waals surface area (Å²) in [5.41, 5.74) is 3.18. The van der Waals surface area contributed by atoms with Crippen LogP contribution < -0.4 is 15.8 Å². The predicted molar refractivity (Wildman–Crippen MR) is 119 cm³/mol. The molecular formula is C22H25ClN4O2. The Hall–Kier alpha value is -2.86. The molecule has 1 heterocycles. The van der Waals surface area contributed by atoms with Crippen molar-refractivity contribution in [3.63, 3.8) is 0 Å². The lowest BCUT2D eigenvalue weighted by Gasteiger charge is -2.22. The molecule has 1 aromatic heterocycles. The third-order valence-electron chi connectivity index (χ3n) is 4.96. The zero-order valence-electron chi connectivity index (χ0n) is 17.1. The molecule has 0 fully saturated rings. The predicted octanol–water partition coefficient (Wildman–Crippen LogP) is 4.48. The largest absolute Gasteiger partial charge is 0.372 e.